The number of aromatic nitrogens is 3. The van der Waals surface area contributed by atoms with Gasteiger partial charge in [0.15, 0.2) is 0 Å². The van der Waals surface area contributed by atoms with Crippen LogP contribution in [0.4, 0.5) is 14.9 Å². The predicted octanol–water partition coefficient (Wildman–Crippen LogP) is 5.46. The molecule has 0 unspecified atom stereocenters. The number of H-pyrrole nitrogens is 1. The second-order valence-electron chi connectivity index (χ2n) is 10.7. The number of aliphatic carboxylic acids is 1. The molecule has 1 aliphatic carbocycles. The number of amides is 1. The highest BCUT2D eigenvalue weighted by atomic mass is 19.1. The smallest absolute Gasteiger partial charge is 0.414 e. The van der Waals surface area contributed by atoms with Crippen molar-refractivity contribution in [1.29, 1.82) is 0 Å². The molecule has 0 radical (unpaired) electrons. The second-order valence-corrected chi connectivity index (χ2v) is 10.7. The number of nitrogens with zero attached hydrogens (tertiary/aromatic N) is 3. The number of aliphatic hydroxyl groups excluding tert-OH is 1. The van der Waals surface area contributed by atoms with Crippen molar-refractivity contribution in [1.82, 2.24) is 14.5 Å². The molecular weight excluding hydrogens is 503 g/mol. The van der Waals surface area contributed by atoms with Gasteiger partial charge in [0.1, 0.15) is 17.7 Å². The number of carboxylic acid groups (broad SMARTS) is 1. The molecule has 3 heterocycles. The SMILES string of the molecule is COC(=O)N1c2ccc3c(nc([C@H](O)c4cc(F)cc5cc[nH]c45)n3[C@@H]3CCC[C@@H](C(=O)O)C3)c2CC[C@@H]1C. The van der Waals surface area contributed by atoms with Gasteiger partial charge in [0, 0.05) is 34.8 Å². The van der Waals surface area contributed by atoms with Crippen molar-refractivity contribution < 1.29 is 28.9 Å². The van der Waals surface area contributed by atoms with E-state index in [9.17, 15) is 24.2 Å². The number of carbonyl (C=O) groups is 2. The van der Waals surface area contributed by atoms with Gasteiger partial charge in [-0.05, 0) is 69.4 Å². The molecule has 1 fully saturated rings. The minimum Gasteiger partial charge on any atom is -0.481 e. The molecule has 2 aromatic carbocycles. The third-order valence-electron chi connectivity index (χ3n) is 8.41. The van der Waals surface area contributed by atoms with Crippen LogP contribution >= 0.6 is 0 Å². The Labute approximate surface area is 224 Å². The Balaban J connectivity index is 1.57. The molecule has 1 aliphatic heterocycles. The lowest BCUT2D eigenvalue weighted by Gasteiger charge is -2.34. The number of nitrogens with one attached hydrogen (secondary N) is 1. The summed E-state index contributed by atoms with van der Waals surface area (Å²) in [5.74, 6) is -1.46. The van der Waals surface area contributed by atoms with Gasteiger partial charge in [-0.2, -0.15) is 0 Å². The van der Waals surface area contributed by atoms with Crippen LogP contribution in [0.2, 0.25) is 0 Å². The second kappa shape index (κ2) is 9.68. The molecule has 9 nitrogen and oxygen atoms in total. The van der Waals surface area contributed by atoms with E-state index in [1.807, 2.05) is 23.6 Å². The van der Waals surface area contributed by atoms with E-state index in [1.165, 1.54) is 19.2 Å². The standard InChI is InChI=1S/C29H31FN4O5/c1-15-6-7-20-22(33(15)29(38)39-2)8-9-23-25(20)32-27(34(23)19-5-3-4-17(13-19)28(36)37)26(35)21-14-18(30)12-16-10-11-31-24(16)21/h8-12,14-15,17,19,26,31,35H,3-7,13H2,1-2H3,(H,36,37)/t15-,17+,19+,26+/m0/s1. The van der Waals surface area contributed by atoms with Crippen molar-refractivity contribution in [3.8, 4) is 0 Å². The Kier molecular flexibility index (Phi) is 6.29. The summed E-state index contributed by atoms with van der Waals surface area (Å²) in [5, 5.41) is 22.2. The fourth-order valence-corrected chi connectivity index (χ4v) is 6.51. The highest BCUT2D eigenvalue weighted by Gasteiger charge is 2.35. The highest BCUT2D eigenvalue weighted by Crippen LogP contribution is 2.42. The number of methoxy groups -OCH3 is 1. The van der Waals surface area contributed by atoms with E-state index in [1.54, 1.807) is 17.2 Å². The zero-order chi connectivity index (χ0) is 27.4. The summed E-state index contributed by atoms with van der Waals surface area (Å²) in [6.45, 7) is 1.97. The van der Waals surface area contributed by atoms with Gasteiger partial charge >= 0.3 is 12.1 Å². The summed E-state index contributed by atoms with van der Waals surface area (Å²) in [7, 11) is 1.35. The summed E-state index contributed by atoms with van der Waals surface area (Å²) >= 11 is 0. The van der Waals surface area contributed by atoms with Crippen LogP contribution in [-0.2, 0) is 16.0 Å². The van der Waals surface area contributed by atoms with Crippen molar-refractivity contribution in [3.05, 3.63) is 59.3 Å². The van der Waals surface area contributed by atoms with Gasteiger partial charge in [-0.1, -0.05) is 6.42 Å². The molecule has 6 rings (SSSR count). The summed E-state index contributed by atoms with van der Waals surface area (Å²) < 4.78 is 21.6. The van der Waals surface area contributed by atoms with E-state index in [2.05, 4.69) is 4.98 Å². The number of aliphatic hydroxyl groups is 1. The molecule has 39 heavy (non-hydrogen) atoms. The number of halogens is 1. The molecular formula is C29H31FN4O5. The fraction of sp³-hybridized carbons (Fsp3) is 0.414. The monoisotopic (exact) mass is 534 g/mol. The Bertz CT molecular complexity index is 1590. The van der Waals surface area contributed by atoms with Crippen molar-refractivity contribution in [2.24, 2.45) is 5.92 Å². The number of carbonyl (C=O) groups excluding carboxylic acids is 1. The minimum absolute atomic E-state index is 0.0577. The molecule has 3 N–H and O–H groups in total. The molecule has 2 aliphatic rings. The van der Waals surface area contributed by atoms with Crippen LogP contribution in [0.3, 0.4) is 0 Å². The Morgan fingerprint density at radius 1 is 1.21 bits per heavy atom. The first-order valence-corrected chi connectivity index (χ1v) is 13.4. The van der Waals surface area contributed by atoms with E-state index in [0.717, 1.165) is 23.9 Å². The maximum atomic E-state index is 14.6. The van der Waals surface area contributed by atoms with Crippen molar-refractivity contribution >= 4 is 39.7 Å². The number of hydrogen-bond acceptors (Lipinski definition) is 5. The maximum Gasteiger partial charge on any atom is 0.414 e. The summed E-state index contributed by atoms with van der Waals surface area (Å²) in [5.41, 5.74) is 3.97. The molecule has 10 heteroatoms. The third kappa shape index (κ3) is 4.14. The van der Waals surface area contributed by atoms with Crippen LogP contribution in [0.15, 0.2) is 36.5 Å². The first-order valence-electron chi connectivity index (χ1n) is 13.4. The van der Waals surface area contributed by atoms with Crippen LogP contribution in [0.1, 0.15) is 68.1 Å². The normalized spacial score (nSPS) is 22.2. The quantitative estimate of drug-likeness (QED) is 0.320. The van der Waals surface area contributed by atoms with Crippen LogP contribution in [-0.4, -0.2) is 50.0 Å². The maximum absolute atomic E-state index is 14.6. The van der Waals surface area contributed by atoms with Gasteiger partial charge in [-0.3, -0.25) is 9.69 Å². The fourth-order valence-electron chi connectivity index (χ4n) is 6.51. The number of hydrogen-bond donors (Lipinski definition) is 3. The minimum atomic E-state index is -1.27. The van der Waals surface area contributed by atoms with Crippen LogP contribution in [0, 0.1) is 11.7 Å². The number of benzene rings is 2. The van der Waals surface area contributed by atoms with E-state index in [0.29, 0.717) is 59.2 Å². The van der Waals surface area contributed by atoms with Crippen molar-refractivity contribution in [2.75, 3.05) is 12.0 Å². The van der Waals surface area contributed by atoms with Crippen LogP contribution in [0.25, 0.3) is 21.9 Å². The molecule has 204 valence electrons. The number of aryl methyl sites for hydroxylation is 1. The predicted molar refractivity (Wildman–Crippen MR) is 143 cm³/mol. The topological polar surface area (TPSA) is 121 Å². The van der Waals surface area contributed by atoms with Crippen molar-refractivity contribution in [2.45, 2.75) is 63.6 Å². The third-order valence-corrected chi connectivity index (χ3v) is 8.41. The first-order chi connectivity index (χ1) is 18.8. The number of fused-ring (bicyclic) bond motifs is 4. The lowest BCUT2D eigenvalue weighted by Crippen LogP contribution is -2.42. The lowest BCUT2D eigenvalue weighted by atomic mass is 9.85. The number of ether oxygens (including phenoxy) is 1. The molecule has 4 aromatic rings. The number of anilines is 1. The van der Waals surface area contributed by atoms with E-state index in [-0.39, 0.29) is 12.1 Å². The summed E-state index contributed by atoms with van der Waals surface area (Å²) in [6, 6.07) is 7.95. The average Bonchev–Trinajstić information content (AvgIpc) is 3.56. The van der Waals surface area contributed by atoms with Gasteiger partial charge in [-0.25, -0.2) is 14.2 Å². The Hall–Kier alpha value is -3.92. The molecule has 4 atom stereocenters. The zero-order valence-electron chi connectivity index (χ0n) is 21.9. The lowest BCUT2D eigenvalue weighted by molar-refractivity contribution is -0.143. The van der Waals surface area contributed by atoms with Gasteiger partial charge in [0.05, 0.1) is 35.3 Å². The zero-order valence-corrected chi connectivity index (χ0v) is 21.9. The van der Waals surface area contributed by atoms with Gasteiger partial charge in [-0.15, -0.1) is 0 Å². The first kappa shape index (κ1) is 25.4. The molecule has 0 bridgehead atoms. The van der Waals surface area contributed by atoms with E-state index in [4.69, 9.17) is 9.72 Å². The van der Waals surface area contributed by atoms with Gasteiger partial charge in [0.2, 0.25) is 0 Å². The molecule has 1 amide bonds. The van der Waals surface area contributed by atoms with E-state index >= 15 is 0 Å². The molecule has 0 saturated heterocycles. The Morgan fingerprint density at radius 2 is 2.03 bits per heavy atom. The van der Waals surface area contributed by atoms with Gasteiger partial charge < -0.3 is 24.5 Å². The number of rotatable bonds is 4. The largest absolute Gasteiger partial charge is 0.481 e. The van der Waals surface area contributed by atoms with E-state index < -0.39 is 29.9 Å². The van der Waals surface area contributed by atoms with Crippen LogP contribution < -0.4 is 4.90 Å². The molecule has 1 saturated carbocycles. The summed E-state index contributed by atoms with van der Waals surface area (Å²) in [6.07, 6.45) is 3.84. The average molecular weight is 535 g/mol. The highest BCUT2D eigenvalue weighted by molar-refractivity contribution is 5.95. The number of carboxylic acids is 1. The van der Waals surface area contributed by atoms with Crippen molar-refractivity contribution in [3.63, 3.8) is 0 Å². The van der Waals surface area contributed by atoms with Crippen LogP contribution in [0.5, 0.6) is 0 Å². The number of imidazole rings is 1. The summed E-state index contributed by atoms with van der Waals surface area (Å²) in [4.78, 5) is 34.3. The number of aromatic amines is 1. The Morgan fingerprint density at radius 3 is 2.79 bits per heavy atom. The van der Waals surface area contributed by atoms with Gasteiger partial charge in [0.25, 0.3) is 0 Å². The molecule has 0 spiro atoms. The molecule has 2 aromatic heterocycles.